The number of halogens is 3. The minimum absolute atomic E-state index is 0.0576. The number of thioether (sulfide) groups is 1. The predicted octanol–water partition coefficient (Wildman–Crippen LogP) is 8.92. The molecule has 0 N–H and O–H groups in total. The van der Waals surface area contributed by atoms with E-state index in [0.29, 0.717) is 55.2 Å². The van der Waals surface area contributed by atoms with E-state index in [2.05, 4.69) is 0 Å². The van der Waals surface area contributed by atoms with Crippen LogP contribution in [0.1, 0.15) is 18.1 Å². The number of carbonyl (C=O) groups excluding carboxylic acids is 1. The fourth-order valence-corrected chi connectivity index (χ4v) is 5.17. The fraction of sp³-hybridized carbons (Fsp3) is 0.0968. The Kier molecular flexibility index (Phi) is 8.75. The van der Waals surface area contributed by atoms with Gasteiger partial charge in [-0.3, -0.25) is 9.69 Å². The molecule has 1 aliphatic rings. The molecule has 5 rings (SSSR count). The summed E-state index contributed by atoms with van der Waals surface area (Å²) in [6.45, 7) is 2.33. The molecule has 1 amide bonds. The second kappa shape index (κ2) is 12.6. The van der Waals surface area contributed by atoms with Crippen molar-refractivity contribution in [3.8, 4) is 11.5 Å². The van der Waals surface area contributed by atoms with E-state index >= 15 is 0 Å². The van der Waals surface area contributed by atoms with Crippen molar-refractivity contribution in [2.75, 3.05) is 11.5 Å². The molecule has 0 atom stereocenters. The summed E-state index contributed by atoms with van der Waals surface area (Å²) in [7, 11) is 0. The fourth-order valence-electron chi connectivity index (χ4n) is 3.92. The van der Waals surface area contributed by atoms with Gasteiger partial charge in [0.25, 0.3) is 5.91 Å². The van der Waals surface area contributed by atoms with E-state index in [1.807, 2.05) is 13.0 Å². The van der Waals surface area contributed by atoms with Crippen molar-refractivity contribution in [2.24, 2.45) is 4.99 Å². The summed E-state index contributed by atoms with van der Waals surface area (Å²) in [5.41, 5.74) is 2.49. The summed E-state index contributed by atoms with van der Waals surface area (Å²) in [5.74, 6) is 0.413. The normalized spacial score (nSPS) is 15.2. The molecule has 1 heterocycles. The third kappa shape index (κ3) is 6.50. The number of hydrogen-bond donors (Lipinski definition) is 0. The molecule has 1 saturated heterocycles. The Labute approximate surface area is 245 Å². The lowest BCUT2D eigenvalue weighted by molar-refractivity contribution is -0.113. The number of ether oxygens (including phenoxy) is 2. The molecule has 9 heteroatoms. The highest BCUT2D eigenvalue weighted by atomic mass is 35.5. The molecule has 0 spiro atoms. The number of aliphatic imine (C=N–C) groups is 1. The van der Waals surface area contributed by atoms with E-state index in [4.69, 9.17) is 37.7 Å². The minimum atomic E-state index is -0.333. The van der Waals surface area contributed by atoms with Gasteiger partial charge in [-0.2, -0.15) is 0 Å². The molecule has 0 bridgehead atoms. The summed E-state index contributed by atoms with van der Waals surface area (Å²) in [4.78, 5) is 20.4. The van der Waals surface area contributed by atoms with Gasteiger partial charge in [-0.1, -0.05) is 47.5 Å². The maximum Gasteiger partial charge on any atom is 0.271 e. The quantitative estimate of drug-likeness (QED) is 0.192. The minimum Gasteiger partial charge on any atom is -0.490 e. The molecule has 1 aliphatic heterocycles. The lowest BCUT2D eigenvalue weighted by Gasteiger charge is -2.15. The zero-order valence-corrected chi connectivity index (χ0v) is 23.6. The van der Waals surface area contributed by atoms with Gasteiger partial charge in [-0.05, 0) is 97.1 Å². The molecule has 0 saturated carbocycles. The molecule has 0 unspecified atom stereocenters. The van der Waals surface area contributed by atoms with Crippen molar-refractivity contribution in [1.82, 2.24) is 0 Å². The van der Waals surface area contributed by atoms with Crippen LogP contribution >= 0.6 is 35.0 Å². The van der Waals surface area contributed by atoms with Crippen molar-refractivity contribution in [3.63, 3.8) is 0 Å². The first kappa shape index (κ1) is 27.8. The highest BCUT2D eigenvalue weighted by molar-refractivity contribution is 8.19. The molecular formula is C31H23Cl2FN2O3S. The summed E-state index contributed by atoms with van der Waals surface area (Å²) in [6.07, 6.45) is 1.78. The smallest absolute Gasteiger partial charge is 0.271 e. The first-order valence-corrected chi connectivity index (χ1v) is 14.0. The van der Waals surface area contributed by atoms with Gasteiger partial charge in [0.2, 0.25) is 0 Å². The van der Waals surface area contributed by atoms with Gasteiger partial charge in [0.15, 0.2) is 16.7 Å². The predicted molar refractivity (Wildman–Crippen MR) is 161 cm³/mol. The van der Waals surface area contributed by atoms with E-state index in [1.165, 1.54) is 17.8 Å². The van der Waals surface area contributed by atoms with Crippen LogP contribution in [0.2, 0.25) is 10.0 Å². The SMILES string of the molecule is CCOc1cc(/C=C2\SC(=Nc3ccc(Cl)cc3)N(c3ccc(Cl)cc3)C2=O)ccc1OCc1ccccc1F. The van der Waals surface area contributed by atoms with Crippen molar-refractivity contribution in [2.45, 2.75) is 13.5 Å². The van der Waals surface area contributed by atoms with Crippen LogP contribution in [0, 0.1) is 5.82 Å². The monoisotopic (exact) mass is 592 g/mol. The second-order valence-electron chi connectivity index (χ2n) is 8.62. The number of nitrogens with zero attached hydrogens (tertiary/aromatic N) is 2. The third-order valence-electron chi connectivity index (χ3n) is 5.85. The molecule has 4 aromatic rings. The zero-order valence-electron chi connectivity index (χ0n) is 21.3. The Hall–Kier alpha value is -3.78. The maximum absolute atomic E-state index is 14.1. The van der Waals surface area contributed by atoms with E-state index in [0.717, 1.165) is 5.56 Å². The van der Waals surface area contributed by atoms with E-state index in [9.17, 15) is 9.18 Å². The second-order valence-corrected chi connectivity index (χ2v) is 10.5. The van der Waals surface area contributed by atoms with Crippen LogP contribution < -0.4 is 14.4 Å². The van der Waals surface area contributed by atoms with Gasteiger partial charge >= 0.3 is 0 Å². The Balaban J connectivity index is 1.45. The van der Waals surface area contributed by atoms with Crippen molar-refractivity contribution in [1.29, 1.82) is 0 Å². The highest BCUT2D eigenvalue weighted by Gasteiger charge is 2.34. The molecule has 4 aromatic carbocycles. The molecule has 0 aliphatic carbocycles. The Morgan fingerprint density at radius 2 is 1.60 bits per heavy atom. The molecular weight excluding hydrogens is 570 g/mol. The molecule has 5 nitrogen and oxygen atoms in total. The van der Waals surface area contributed by atoms with Crippen LogP contribution in [-0.4, -0.2) is 17.7 Å². The van der Waals surface area contributed by atoms with Gasteiger partial charge in [-0.15, -0.1) is 0 Å². The standard InChI is InChI=1S/C31H23Cl2FN2O3S/c1-2-38-28-17-20(7-16-27(28)39-19-21-5-3-4-6-26(21)34)18-29-30(37)36(25-14-10-23(33)11-15-25)31(40-29)35-24-12-8-22(32)9-13-24/h3-18H,2,19H2,1H3/b29-18-,35-31?. The van der Waals surface area contributed by atoms with Gasteiger partial charge in [0.1, 0.15) is 12.4 Å². The van der Waals surface area contributed by atoms with Crippen LogP contribution in [0.25, 0.3) is 6.08 Å². The first-order chi connectivity index (χ1) is 19.4. The average Bonchev–Trinajstić information content (AvgIpc) is 3.25. The van der Waals surface area contributed by atoms with Crippen LogP contribution in [0.4, 0.5) is 15.8 Å². The van der Waals surface area contributed by atoms with E-state index in [1.54, 1.807) is 89.8 Å². The zero-order chi connectivity index (χ0) is 28.1. The number of amides is 1. The number of hydrogen-bond acceptors (Lipinski definition) is 5. The van der Waals surface area contributed by atoms with Gasteiger partial charge in [0.05, 0.1) is 22.9 Å². The highest BCUT2D eigenvalue weighted by Crippen LogP contribution is 2.39. The van der Waals surface area contributed by atoms with Crippen LogP contribution in [-0.2, 0) is 11.4 Å². The summed E-state index contributed by atoms with van der Waals surface area (Å²) in [5, 5.41) is 1.66. The Bertz CT molecular complexity index is 1590. The van der Waals surface area contributed by atoms with Crippen molar-refractivity contribution in [3.05, 3.63) is 123 Å². The number of rotatable bonds is 8. The summed E-state index contributed by atoms with van der Waals surface area (Å²) in [6, 6.07) is 25.9. The first-order valence-electron chi connectivity index (χ1n) is 12.4. The van der Waals surface area contributed by atoms with Gasteiger partial charge in [0, 0.05) is 15.6 Å². The number of benzene rings is 4. The third-order valence-corrected chi connectivity index (χ3v) is 7.32. The number of carbonyl (C=O) groups is 1. The lowest BCUT2D eigenvalue weighted by atomic mass is 10.1. The number of anilines is 1. The van der Waals surface area contributed by atoms with Gasteiger partial charge < -0.3 is 9.47 Å². The van der Waals surface area contributed by atoms with Crippen LogP contribution in [0.3, 0.4) is 0 Å². The van der Waals surface area contributed by atoms with Crippen LogP contribution in [0.5, 0.6) is 11.5 Å². The van der Waals surface area contributed by atoms with E-state index < -0.39 is 0 Å². The van der Waals surface area contributed by atoms with Crippen molar-refractivity contribution < 1.29 is 18.7 Å². The molecule has 1 fully saturated rings. The van der Waals surface area contributed by atoms with Gasteiger partial charge in [-0.25, -0.2) is 9.38 Å². The topological polar surface area (TPSA) is 51.1 Å². The number of amidine groups is 1. The maximum atomic E-state index is 14.1. The van der Waals surface area contributed by atoms with Crippen molar-refractivity contribution >= 4 is 63.5 Å². The molecule has 40 heavy (non-hydrogen) atoms. The summed E-state index contributed by atoms with van der Waals surface area (Å²) < 4.78 is 25.7. The van der Waals surface area contributed by atoms with Crippen LogP contribution in [0.15, 0.2) is 101 Å². The average molecular weight is 594 g/mol. The molecule has 0 radical (unpaired) electrons. The largest absolute Gasteiger partial charge is 0.490 e. The van der Waals surface area contributed by atoms with E-state index in [-0.39, 0.29) is 18.3 Å². The molecule has 0 aromatic heterocycles. The lowest BCUT2D eigenvalue weighted by Crippen LogP contribution is -2.28. The molecule has 202 valence electrons. The Morgan fingerprint density at radius 1 is 0.900 bits per heavy atom. The Morgan fingerprint density at radius 3 is 2.30 bits per heavy atom. The summed E-state index contributed by atoms with van der Waals surface area (Å²) >= 11 is 13.4.